The molecule has 0 N–H and O–H groups in total. The number of sulfonamides is 1. The third-order valence-corrected chi connectivity index (χ3v) is 4.38. The molecular formula is C10H14ClFN2O2S. The first-order valence-corrected chi connectivity index (χ1v) is 7.18. The highest BCUT2D eigenvalue weighted by atomic mass is 35.5. The van der Waals surface area contributed by atoms with Crippen LogP contribution in [0.15, 0.2) is 23.4 Å². The fraction of sp³-hybridized carbons (Fsp3) is 0.500. The number of halogens is 2. The second-order valence-corrected chi connectivity index (χ2v) is 5.56. The molecule has 0 radical (unpaired) electrons. The molecule has 0 aliphatic heterocycles. The summed E-state index contributed by atoms with van der Waals surface area (Å²) in [5.41, 5.74) is 0. The van der Waals surface area contributed by atoms with Crippen LogP contribution in [0, 0.1) is 5.82 Å². The van der Waals surface area contributed by atoms with Crippen LogP contribution in [0.25, 0.3) is 0 Å². The minimum Gasteiger partial charge on any atom is -0.241 e. The zero-order valence-corrected chi connectivity index (χ0v) is 11.0. The van der Waals surface area contributed by atoms with Crippen LogP contribution in [0.1, 0.15) is 13.3 Å². The van der Waals surface area contributed by atoms with Crippen molar-refractivity contribution >= 4 is 21.6 Å². The van der Waals surface area contributed by atoms with Gasteiger partial charge in [-0.1, -0.05) is 6.92 Å². The molecule has 1 heterocycles. The Balaban J connectivity index is 3.05. The third kappa shape index (κ3) is 3.37. The van der Waals surface area contributed by atoms with Gasteiger partial charge in [0.2, 0.25) is 5.03 Å². The maximum Gasteiger partial charge on any atom is 0.263 e. The van der Waals surface area contributed by atoms with Gasteiger partial charge < -0.3 is 0 Å². The normalized spacial score (nSPS) is 12.0. The molecule has 0 saturated carbocycles. The fourth-order valence-electron chi connectivity index (χ4n) is 1.37. The van der Waals surface area contributed by atoms with Crippen LogP contribution >= 0.6 is 11.6 Å². The maximum absolute atomic E-state index is 13.4. The first kappa shape index (κ1) is 14.3. The summed E-state index contributed by atoms with van der Waals surface area (Å²) in [5.74, 6) is -0.478. The van der Waals surface area contributed by atoms with Gasteiger partial charge in [0.25, 0.3) is 10.0 Å². The molecule has 0 bridgehead atoms. The van der Waals surface area contributed by atoms with Crippen molar-refractivity contribution in [2.24, 2.45) is 0 Å². The lowest BCUT2D eigenvalue weighted by Gasteiger charge is -2.19. The lowest BCUT2D eigenvalue weighted by Crippen LogP contribution is -2.33. The molecule has 0 atom stereocenters. The fourth-order valence-corrected chi connectivity index (χ4v) is 2.95. The first-order chi connectivity index (χ1) is 8.04. The van der Waals surface area contributed by atoms with Crippen LogP contribution in [-0.2, 0) is 10.0 Å². The number of nitrogens with zero attached hydrogens (tertiary/aromatic N) is 2. The summed E-state index contributed by atoms with van der Waals surface area (Å²) in [6.45, 7) is 2.21. The van der Waals surface area contributed by atoms with Crippen molar-refractivity contribution in [1.29, 1.82) is 0 Å². The van der Waals surface area contributed by atoms with Crippen molar-refractivity contribution in [3.8, 4) is 0 Å². The van der Waals surface area contributed by atoms with E-state index in [1.54, 1.807) is 6.92 Å². The summed E-state index contributed by atoms with van der Waals surface area (Å²) in [4.78, 5) is 3.59. The highest BCUT2D eigenvalue weighted by molar-refractivity contribution is 7.89. The van der Waals surface area contributed by atoms with Gasteiger partial charge in [0.05, 0.1) is 0 Å². The van der Waals surface area contributed by atoms with Gasteiger partial charge in [-0.25, -0.2) is 17.8 Å². The van der Waals surface area contributed by atoms with Crippen molar-refractivity contribution in [3.63, 3.8) is 0 Å². The number of pyridine rings is 1. The van der Waals surface area contributed by atoms with E-state index in [-0.39, 0.29) is 13.1 Å². The summed E-state index contributed by atoms with van der Waals surface area (Å²) in [7, 11) is -3.87. The number of hydrogen-bond donors (Lipinski definition) is 0. The lowest BCUT2D eigenvalue weighted by atomic mass is 10.5. The molecular weight excluding hydrogens is 267 g/mol. The molecule has 4 nitrogen and oxygen atoms in total. The van der Waals surface area contributed by atoms with E-state index in [4.69, 9.17) is 11.6 Å². The number of alkyl halides is 1. The molecule has 1 rings (SSSR count). The Labute approximate surface area is 105 Å². The van der Waals surface area contributed by atoms with Crippen LogP contribution in [0.4, 0.5) is 4.39 Å². The van der Waals surface area contributed by atoms with Crippen molar-refractivity contribution < 1.29 is 12.8 Å². The molecule has 17 heavy (non-hydrogen) atoms. The summed E-state index contributed by atoms with van der Waals surface area (Å²) in [5, 5.41) is -0.531. The van der Waals surface area contributed by atoms with E-state index in [0.29, 0.717) is 12.3 Å². The van der Waals surface area contributed by atoms with E-state index in [0.717, 1.165) is 6.07 Å². The minimum absolute atomic E-state index is 0.259. The highest BCUT2D eigenvalue weighted by Gasteiger charge is 2.27. The molecule has 0 fully saturated rings. The average molecular weight is 281 g/mol. The molecule has 0 amide bonds. The van der Waals surface area contributed by atoms with E-state index >= 15 is 0 Å². The summed E-state index contributed by atoms with van der Waals surface area (Å²) in [6.07, 6.45) is 1.77. The van der Waals surface area contributed by atoms with Gasteiger partial charge in [-0.15, -0.1) is 11.6 Å². The van der Waals surface area contributed by atoms with Gasteiger partial charge in [0.15, 0.2) is 5.82 Å². The first-order valence-electron chi connectivity index (χ1n) is 5.20. The van der Waals surface area contributed by atoms with Gasteiger partial charge >= 0.3 is 0 Å². The van der Waals surface area contributed by atoms with E-state index in [1.807, 2.05) is 0 Å². The number of rotatable bonds is 6. The largest absolute Gasteiger partial charge is 0.263 e. The van der Waals surface area contributed by atoms with E-state index < -0.39 is 20.9 Å². The minimum atomic E-state index is -3.87. The number of aromatic nitrogens is 1. The Hall–Kier alpha value is -0.720. The lowest BCUT2D eigenvalue weighted by molar-refractivity contribution is 0.420. The molecule has 1 aromatic rings. The number of hydrogen-bond acceptors (Lipinski definition) is 3. The Morgan fingerprint density at radius 2 is 2.24 bits per heavy atom. The average Bonchev–Trinajstić information content (AvgIpc) is 2.30. The van der Waals surface area contributed by atoms with Crippen LogP contribution < -0.4 is 0 Å². The van der Waals surface area contributed by atoms with Crippen LogP contribution in [0.5, 0.6) is 0 Å². The predicted molar refractivity (Wildman–Crippen MR) is 64.0 cm³/mol. The molecule has 1 aromatic heterocycles. The Bertz CT molecular complexity index is 467. The summed E-state index contributed by atoms with van der Waals surface area (Å²) < 4.78 is 38.7. The molecule has 0 spiro atoms. The predicted octanol–water partition coefficient (Wildman–Crippen LogP) is 1.86. The second kappa shape index (κ2) is 6.28. The molecule has 0 aromatic carbocycles. The molecule has 0 unspecified atom stereocenters. The molecule has 0 aliphatic carbocycles. The quantitative estimate of drug-likeness (QED) is 0.748. The Morgan fingerprint density at radius 3 is 2.76 bits per heavy atom. The van der Waals surface area contributed by atoms with Crippen LogP contribution in [-0.4, -0.2) is 36.7 Å². The van der Waals surface area contributed by atoms with Gasteiger partial charge in [0.1, 0.15) is 0 Å². The monoisotopic (exact) mass is 280 g/mol. The molecule has 96 valence electrons. The highest BCUT2D eigenvalue weighted by Crippen LogP contribution is 2.16. The zero-order valence-electron chi connectivity index (χ0n) is 9.44. The molecule has 0 saturated heterocycles. The molecule has 0 aliphatic rings. The van der Waals surface area contributed by atoms with Crippen molar-refractivity contribution in [2.45, 2.75) is 18.4 Å². The van der Waals surface area contributed by atoms with Gasteiger partial charge in [-0.3, -0.25) is 0 Å². The van der Waals surface area contributed by atoms with Crippen molar-refractivity contribution in [2.75, 3.05) is 19.0 Å². The SMILES string of the molecule is CCN(CCCCl)S(=O)(=O)c1ncccc1F. The van der Waals surface area contributed by atoms with Gasteiger partial charge in [0, 0.05) is 25.2 Å². The van der Waals surface area contributed by atoms with E-state index in [1.165, 1.54) is 16.6 Å². The summed E-state index contributed by atoms with van der Waals surface area (Å²) in [6, 6.07) is 2.43. The third-order valence-electron chi connectivity index (χ3n) is 2.20. The standard InChI is InChI=1S/C10H14ClFN2O2S/c1-2-14(8-4-6-11)17(15,16)10-9(12)5-3-7-13-10/h3,5,7H,2,4,6,8H2,1H3. The van der Waals surface area contributed by atoms with Gasteiger partial charge in [-0.05, 0) is 18.6 Å². The smallest absolute Gasteiger partial charge is 0.241 e. The van der Waals surface area contributed by atoms with Crippen molar-refractivity contribution in [3.05, 3.63) is 24.1 Å². The van der Waals surface area contributed by atoms with Crippen LogP contribution in [0.2, 0.25) is 0 Å². The van der Waals surface area contributed by atoms with Crippen LogP contribution in [0.3, 0.4) is 0 Å². The molecule has 7 heteroatoms. The summed E-state index contributed by atoms with van der Waals surface area (Å²) >= 11 is 5.52. The van der Waals surface area contributed by atoms with Crippen molar-refractivity contribution in [1.82, 2.24) is 9.29 Å². The Kier molecular flexibility index (Phi) is 5.30. The van der Waals surface area contributed by atoms with E-state index in [2.05, 4.69) is 4.98 Å². The Morgan fingerprint density at radius 1 is 1.53 bits per heavy atom. The zero-order chi connectivity index (χ0) is 12.9. The maximum atomic E-state index is 13.4. The topological polar surface area (TPSA) is 50.3 Å². The van der Waals surface area contributed by atoms with E-state index in [9.17, 15) is 12.8 Å². The van der Waals surface area contributed by atoms with Gasteiger partial charge in [-0.2, -0.15) is 4.31 Å². The second-order valence-electron chi connectivity index (χ2n) is 3.33.